The maximum Gasteiger partial charge on any atom is 0.240 e. The van der Waals surface area contributed by atoms with Gasteiger partial charge >= 0.3 is 0 Å². The third-order valence-electron chi connectivity index (χ3n) is 3.26. The van der Waals surface area contributed by atoms with Crippen molar-refractivity contribution >= 4 is 11.8 Å². The van der Waals surface area contributed by atoms with E-state index in [2.05, 4.69) is 4.99 Å². The topological polar surface area (TPSA) is 38.7 Å². The SMILES string of the molecule is COc1cccc(-c2cc(F)cc(C(C)C)c2N=C=O)c1. The minimum atomic E-state index is -0.360. The molecule has 0 radical (unpaired) electrons. The molecule has 0 aliphatic heterocycles. The number of methoxy groups -OCH3 is 1. The van der Waals surface area contributed by atoms with Crippen LogP contribution in [0, 0.1) is 5.82 Å². The fourth-order valence-electron chi connectivity index (χ4n) is 2.24. The van der Waals surface area contributed by atoms with E-state index in [4.69, 9.17) is 4.74 Å². The van der Waals surface area contributed by atoms with Crippen molar-refractivity contribution in [1.29, 1.82) is 0 Å². The molecule has 0 saturated carbocycles. The Morgan fingerprint density at radius 3 is 2.62 bits per heavy atom. The molecule has 4 heteroatoms. The monoisotopic (exact) mass is 285 g/mol. The van der Waals surface area contributed by atoms with Crippen molar-refractivity contribution in [3.63, 3.8) is 0 Å². The average Bonchev–Trinajstić information content (AvgIpc) is 2.48. The van der Waals surface area contributed by atoms with Crippen LogP contribution in [0.1, 0.15) is 25.3 Å². The standard InChI is InChI=1S/C17H16FNO2/c1-11(2)15-8-13(18)9-16(17(15)19-10-20)12-5-4-6-14(7-12)21-3/h4-9,11H,1-3H3. The Hall–Kier alpha value is -2.45. The molecule has 3 nitrogen and oxygen atoms in total. The van der Waals surface area contributed by atoms with Crippen LogP contribution in [0.5, 0.6) is 5.75 Å². The maximum absolute atomic E-state index is 13.9. The van der Waals surface area contributed by atoms with Crippen LogP contribution >= 0.6 is 0 Å². The van der Waals surface area contributed by atoms with Gasteiger partial charge in [-0.3, -0.25) is 0 Å². The summed E-state index contributed by atoms with van der Waals surface area (Å²) in [5.41, 5.74) is 2.43. The first-order valence-corrected chi connectivity index (χ1v) is 6.62. The van der Waals surface area contributed by atoms with E-state index in [9.17, 15) is 9.18 Å². The largest absolute Gasteiger partial charge is 0.497 e. The van der Waals surface area contributed by atoms with Gasteiger partial charge in [-0.15, -0.1) is 0 Å². The zero-order valence-corrected chi connectivity index (χ0v) is 12.2. The van der Waals surface area contributed by atoms with Crippen molar-refractivity contribution in [3.8, 4) is 16.9 Å². The molecule has 0 amide bonds. The first-order valence-electron chi connectivity index (χ1n) is 6.62. The van der Waals surface area contributed by atoms with E-state index in [1.807, 2.05) is 26.0 Å². The molecule has 0 aromatic heterocycles. The van der Waals surface area contributed by atoms with Crippen LogP contribution in [0.2, 0.25) is 0 Å². The Morgan fingerprint density at radius 1 is 1.24 bits per heavy atom. The molecule has 0 fully saturated rings. The summed E-state index contributed by atoms with van der Waals surface area (Å²) in [5, 5.41) is 0. The molecule has 108 valence electrons. The average molecular weight is 285 g/mol. The Kier molecular flexibility index (Phi) is 4.51. The highest BCUT2D eigenvalue weighted by molar-refractivity contribution is 5.80. The van der Waals surface area contributed by atoms with Gasteiger partial charge in [0.1, 0.15) is 11.6 Å². The van der Waals surface area contributed by atoms with Crippen molar-refractivity contribution in [3.05, 3.63) is 47.8 Å². The molecule has 0 heterocycles. The lowest BCUT2D eigenvalue weighted by atomic mass is 9.94. The van der Waals surface area contributed by atoms with Crippen LogP contribution in [0.3, 0.4) is 0 Å². The molecule has 21 heavy (non-hydrogen) atoms. The Bertz CT molecular complexity index is 704. The zero-order chi connectivity index (χ0) is 15.4. The van der Waals surface area contributed by atoms with Crippen LogP contribution in [0.4, 0.5) is 10.1 Å². The third kappa shape index (κ3) is 3.18. The number of hydrogen-bond acceptors (Lipinski definition) is 3. The summed E-state index contributed by atoms with van der Waals surface area (Å²) < 4.78 is 19.1. The highest BCUT2D eigenvalue weighted by Crippen LogP contribution is 2.38. The summed E-state index contributed by atoms with van der Waals surface area (Å²) in [6, 6.07) is 9.99. The highest BCUT2D eigenvalue weighted by Gasteiger charge is 2.15. The number of carbonyl (C=O) groups excluding carboxylic acids is 1. The molecule has 0 saturated heterocycles. The van der Waals surface area contributed by atoms with Crippen molar-refractivity contribution < 1.29 is 13.9 Å². The summed E-state index contributed by atoms with van der Waals surface area (Å²) in [5.74, 6) is 0.336. The Morgan fingerprint density at radius 2 is 2.00 bits per heavy atom. The van der Waals surface area contributed by atoms with Gasteiger partial charge in [0.25, 0.3) is 0 Å². The van der Waals surface area contributed by atoms with Gasteiger partial charge in [-0.1, -0.05) is 26.0 Å². The van der Waals surface area contributed by atoms with Gasteiger partial charge in [-0.25, -0.2) is 9.18 Å². The Balaban J connectivity index is 2.74. The minimum absolute atomic E-state index is 0.0390. The molecule has 2 aromatic rings. The number of rotatable bonds is 4. The van der Waals surface area contributed by atoms with Gasteiger partial charge in [-0.2, -0.15) is 4.99 Å². The van der Waals surface area contributed by atoms with E-state index >= 15 is 0 Å². The molecule has 0 unspecified atom stereocenters. The molecular formula is C17H16FNO2. The van der Waals surface area contributed by atoms with Gasteiger partial charge in [0, 0.05) is 5.56 Å². The summed E-state index contributed by atoms with van der Waals surface area (Å²) in [6.07, 6.45) is 1.56. The van der Waals surface area contributed by atoms with Crippen LogP contribution in [0.25, 0.3) is 11.1 Å². The van der Waals surface area contributed by atoms with Gasteiger partial charge in [-0.05, 0) is 41.3 Å². The second kappa shape index (κ2) is 6.33. The summed E-state index contributed by atoms with van der Waals surface area (Å²) >= 11 is 0. The molecule has 2 rings (SSSR count). The lowest BCUT2D eigenvalue weighted by molar-refractivity contribution is 0.415. The fraction of sp³-hybridized carbons (Fsp3) is 0.235. The van der Waals surface area contributed by atoms with E-state index in [1.54, 1.807) is 25.3 Å². The number of hydrogen-bond donors (Lipinski definition) is 0. The smallest absolute Gasteiger partial charge is 0.240 e. The van der Waals surface area contributed by atoms with Crippen molar-refractivity contribution in [2.24, 2.45) is 4.99 Å². The Labute approximate surface area is 123 Å². The van der Waals surface area contributed by atoms with Gasteiger partial charge in [0.05, 0.1) is 12.8 Å². The van der Waals surface area contributed by atoms with E-state index in [-0.39, 0.29) is 11.7 Å². The summed E-state index contributed by atoms with van der Waals surface area (Å²) in [7, 11) is 1.56. The molecule has 0 N–H and O–H groups in total. The molecule has 0 aliphatic rings. The van der Waals surface area contributed by atoms with Crippen molar-refractivity contribution in [2.75, 3.05) is 7.11 Å². The van der Waals surface area contributed by atoms with Crippen LogP contribution < -0.4 is 4.74 Å². The van der Waals surface area contributed by atoms with E-state index in [1.165, 1.54) is 12.1 Å². The number of halogens is 1. The lowest BCUT2D eigenvalue weighted by Gasteiger charge is -2.14. The first-order chi connectivity index (χ1) is 10.1. The quantitative estimate of drug-likeness (QED) is 0.608. The number of isocyanates is 1. The minimum Gasteiger partial charge on any atom is -0.497 e. The third-order valence-corrected chi connectivity index (χ3v) is 3.26. The van der Waals surface area contributed by atoms with Gasteiger partial charge in [0.2, 0.25) is 6.08 Å². The van der Waals surface area contributed by atoms with Crippen LogP contribution in [0.15, 0.2) is 41.4 Å². The second-order valence-corrected chi connectivity index (χ2v) is 4.98. The molecular weight excluding hydrogens is 269 g/mol. The molecule has 0 spiro atoms. The predicted molar refractivity (Wildman–Crippen MR) is 80.3 cm³/mol. The number of ether oxygens (including phenoxy) is 1. The van der Waals surface area contributed by atoms with Gasteiger partial charge in [0.15, 0.2) is 0 Å². The van der Waals surface area contributed by atoms with Gasteiger partial charge < -0.3 is 4.74 Å². The molecule has 0 atom stereocenters. The maximum atomic E-state index is 13.9. The second-order valence-electron chi connectivity index (χ2n) is 4.98. The van der Waals surface area contributed by atoms with E-state index in [0.717, 1.165) is 5.56 Å². The normalized spacial score (nSPS) is 10.3. The summed E-state index contributed by atoms with van der Waals surface area (Å²) in [6.45, 7) is 3.85. The van der Waals surface area contributed by atoms with E-state index < -0.39 is 0 Å². The zero-order valence-electron chi connectivity index (χ0n) is 12.2. The van der Waals surface area contributed by atoms with E-state index in [0.29, 0.717) is 22.6 Å². The molecule has 0 bridgehead atoms. The fourth-order valence-corrected chi connectivity index (χ4v) is 2.24. The first kappa shape index (κ1) is 14.9. The lowest BCUT2D eigenvalue weighted by Crippen LogP contribution is -1.94. The van der Waals surface area contributed by atoms with Crippen molar-refractivity contribution in [1.82, 2.24) is 0 Å². The number of nitrogens with zero attached hydrogens (tertiary/aromatic N) is 1. The van der Waals surface area contributed by atoms with Crippen LogP contribution in [-0.2, 0) is 4.79 Å². The molecule has 0 aliphatic carbocycles. The molecule has 2 aromatic carbocycles. The number of benzene rings is 2. The predicted octanol–water partition coefficient (Wildman–Crippen LogP) is 4.59. The van der Waals surface area contributed by atoms with Crippen LogP contribution in [-0.4, -0.2) is 13.2 Å². The summed E-state index contributed by atoms with van der Waals surface area (Å²) in [4.78, 5) is 14.5. The highest BCUT2D eigenvalue weighted by atomic mass is 19.1. The van der Waals surface area contributed by atoms with Crippen molar-refractivity contribution in [2.45, 2.75) is 19.8 Å². The number of aliphatic imine (C=N–C) groups is 1.